The van der Waals surface area contributed by atoms with E-state index in [2.05, 4.69) is 9.97 Å². The van der Waals surface area contributed by atoms with Gasteiger partial charge < -0.3 is 9.47 Å². The SMILES string of the molecule is Cc1nc2sccn2c1CN(C)C(=O)[C@H]1CCn2c(cnc2C(F)(F)F)C1. The van der Waals surface area contributed by atoms with E-state index in [0.717, 1.165) is 16.3 Å². The molecule has 0 radical (unpaired) electrons. The van der Waals surface area contributed by atoms with E-state index in [1.807, 2.05) is 22.9 Å². The fraction of sp³-hybridized carbons (Fsp3) is 0.471. The number of rotatable bonds is 3. The molecule has 1 amide bonds. The molecule has 0 unspecified atom stereocenters. The van der Waals surface area contributed by atoms with Crippen LogP contribution in [0.5, 0.6) is 0 Å². The molecule has 0 bridgehead atoms. The third-order valence-corrected chi connectivity index (χ3v) is 5.78. The van der Waals surface area contributed by atoms with E-state index in [9.17, 15) is 18.0 Å². The number of fused-ring (bicyclic) bond motifs is 2. The lowest BCUT2D eigenvalue weighted by atomic mass is 9.94. The topological polar surface area (TPSA) is 55.4 Å². The molecule has 6 nitrogen and oxygen atoms in total. The van der Waals surface area contributed by atoms with Crippen molar-refractivity contribution in [3.63, 3.8) is 0 Å². The van der Waals surface area contributed by atoms with Gasteiger partial charge in [-0.2, -0.15) is 13.2 Å². The van der Waals surface area contributed by atoms with Crippen molar-refractivity contribution in [1.82, 2.24) is 23.8 Å². The summed E-state index contributed by atoms with van der Waals surface area (Å²) in [6.45, 7) is 2.46. The number of halogens is 3. The fourth-order valence-corrected chi connectivity index (χ4v) is 4.42. The lowest BCUT2D eigenvalue weighted by molar-refractivity contribution is -0.147. The van der Waals surface area contributed by atoms with E-state index >= 15 is 0 Å². The highest BCUT2D eigenvalue weighted by molar-refractivity contribution is 7.15. The molecular formula is C17H18F3N5OS. The third-order valence-electron chi connectivity index (χ3n) is 5.02. The number of nitrogens with zero attached hydrogens (tertiary/aromatic N) is 5. The smallest absolute Gasteiger partial charge is 0.340 e. The van der Waals surface area contributed by atoms with Gasteiger partial charge in [-0.25, -0.2) is 9.97 Å². The Kier molecular flexibility index (Phi) is 4.25. The van der Waals surface area contributed by atoms with Gasteiger partial charge in [-0.15, -0.1) is 11.3 Å². The minimum atomic E-state index is -4.47. The Balaban J connectivity index is 1.49. The van der Waals surface area contributed by atoms with E-state index in [1.54, 1.807) is 11.9 Å². The van der Waals surface area contributed by atoms with Crippen molar-refractivity contribution in [3.8, 4) is 0 Å². The average Bonchev–Trinajstić information content (AvgIpc) is 3.29. The number of hydrogen-bond donors (Lipinski definition) is 0. The molecule has 4 heterocycles. The van der Waals surface area contributed by atoms with Crippen molar-refractivity contribution in [3.05, 3.63) is 40.7 Å². The first-order chi connectivity index (χ1) is 12.8. The number of imidazole rings is 2. The molecule has 0 saturated heterocycles. The van der Waals surface area contributed by atoms with Crippen LogP contribution in [0.1, 0.15) is 29.3 Å². The molecule has 1 atom stereocenters. The quantitative estimate of drug-likeness (QED) is 0.682. The molecule has 10 heteroatoms. The molecule has 0 spiro atoms. The van der Waals surface area contributed by atoms with Crippen LogP contribution < -0.4 is 0 Å². The largest absolute Gasteiger partial charge is 0.449 e. The van der Waals surface area contributed by atoms with E-state index in [1.165, 1.54) is 22.1 Å². The van der Waals surface area contributed by atoms with Gasteiger partial charge in [0.1, 0.15) is 0 Å². The molecule has 0 aromatic carbocycles. The summed E-state index contributed by atoms with van der Waals surface area (Å²) in [5.41, 5.74) is 2.28. The minimum Gasteiger partial charge on any atom is -0.340 e. The van der Waals surface area contributed by atoms with Gasteiger partial charge in [-0.1, -0.05) is 0 Å². The second-order valence-electron chi connectivity index (χ2n) is 6.81. The van der Waals surface area contributed by atoms with Crippen molar-refractivity contribution < 1.29 is 18.0 Å². The Hall–Kier alpha value is -2.36. The predicted octanol–water partition coefficient (Wildman–Crippen LogP) is 3.14. The summed E-state index contributed by atoms with van der Waals surface area (Å²) in [5.74, 6) is -1.29. The average molecular weight is 397 g/mol. The Bertz CT molecular complexity index is 1000. The van der Waals surface area contributed by atoms with Crippen molar-refractivity contribution >= 4 is 22.2 Å². The van der Waals surface area contributed by atoms with Crippen LogP contribution in [0.4, 0.5) is 13.2 Å². The Morgan fingerprint density at radius 1 is 1.44 bits per heavy atom. The summed E-state index contributed by atoms with van der Waals surface area (Å²) in [6, 6.07) is 0. The molecule has 0 aliphatic carbocycles. The maximum Gasteiger partial charge on any atom is 0.449 e. The minimum absolute atomic E-state index is 0.0689. The summed E-state index contributed by atoms with van der Waals surface area (Å²) in [5, 5.41) is 1.94. The van der Waals surface area contributed by atoms with Crippen molar-refractivity contribution in [1.29, 1.82) is 0 Å². The number of aryl methyl sites for hydroxylation is 1. The molecule has 0 fully saturated rings. The van der Waals surface area contributed by atoms with Gasteiger partial charge in [0.25, 0.3) is 0 Å². The predicted molar refractivity (Wildman–Crippen MR) is 93.3 cm³/mol. The van der Waals surface area contributed by atoms with Gasteiger partial charge in [-0.05, 0) is 13.3 Å². The Morgan fingerprint density at radius 2 is 2.22 bits per heavy atom. The highest BCUT2D eigenvalue weighted by Gasteiger charge is 2.39. The second kappa shape index (κ2) is 6.36. The van der Waals surface area contributed by atoms with Gasteiger partial charge in [0.05, 0.1) is 17.9 Å². The zero-order chi connectivity index (χ0) is 19.3. The van der Waals surface area contributed by atoms with Gasteiger partial charge in [0, 0.05) is 49.4 Å². The normalized spacial score (nSPS) is 17.3. The molecule has 27 heavy (non-hydrogen) atoms. The lowest BCUT2D eigenvalue weighted by Gasteiger charge is -2.28. The van der Waals surface area contributed by atoms with Gasteiger partial charge in [0.15, 0.2) is 4.96 Å². The van der Waals surface area contributed by atoms with Gasteiger partial charge in [0.2, 0.25) is 11.7 Å². The first-order valence-electron chi connectivity index (χ1n) is 8.53. The summed E-state index contributed by atoms with van der Waals surface area (Å²) >= 11 is 1.53. The van der Waals surface area contributed by atoms with Crippen LogP contribution in [-0.4, -0.2) is 36.8 Å². The van der Waals surface area contributed by atoms with E-state index in [4.69, 9.17) is 0 Å². The summed E-state index contributed by atoms with van der Waals surface area (Å²) in [6.07, 6.45) is -0.679. The lowest BCUT2D eigenvalue weighted by Crippen LogP contribution is -2.37. The molecule has 3 aromatic rings. The summed E-state index contributed by atoms with van der Waals surface area (Å²) in [4.78, 5) is 23.4. The Labute approximate surface area is 157 Å². The number of thiazole rings is 1. The number of carbonyl (C=O) groups excluding carboxylic acids is 1. The van der Waals surface area contributed by atoms with Crippen LogP contribution in [0.2, 0.25) is 0 Å². The highest BCUT2D eigenvalue weighted by Crippen LogP contribution is 2.32. The van der Waals surface area contributed by atoms with Crippen LogP contribution in [0, 0.1) is 12.8 Å². The first kappa shape index (κ1) is 18.0. The van der Waals surface area contributed by atoms with E-state index < -0.39 is 12.0 Å². The maximum absolute atomic E-state index is 13.0. The zero-order valence-corrected chi connectivity index (χ0v) is 15.6. The van der Waals surface area contributed by atoms with Gasteiger partial charge >= 0.3 is 6.18 Å². The summed E-state index contributed by atoms with van der Waals surface area (Å²) in [7, 11) is 1.72. The molecule has 4 rings (SSSR count). The van der Waals surface area contributed by atoms with Crippen LogP contribution in [0.15, 0.2) is 17.8 Å². The monoisotopic (exact) mass is 397 g/mol. The Morgan fingerprint density at radius 3 is 2.96 bits per heavy atom. The van der Waals surface area contributed by atoms with E-state index in [-0.39, 0.29) is 24.8 Å². The van der Waals surface area contributed by atoms with Crippen molar-refractivity contribution in [2.75, 3.05) is 7.05 Å². The van der Waals surface area contributed by atoms with Crippen LogP contribution in [0.3, 0.4) is 0 Å². The van der Waals surface area contributed by atoms with Gasteiger partial charge in [-0.3, -0.25) is 9.20 Å². The maximum atomic E-state index is 13.0. The molecule has 0 saturated carbocycles. The molecule has 3 aromatic heterocycles. The summed E-state index contributed by atoms with van der Waals surface area (Å²) < 4.78 is 42.1. The molecule has 1 aliphatic rings. The number of carbonyl (C=O) groups is 1. The number of amides is 1. The molecular weight excluding hydrogens is 379 g/mol. The van der Waals surface area contributed by atoms with Crippen molar-refractivity contribution in [2.45, 2.75) is 39.0 Å². The zero-order valence-electron chi connectivity index (χ0n) is 14.8. The third kappa shape index (κ3) is 3.11. The number of hydrogen-bond acceptors (Lipinski definition) is 4. The number of aromatic nitrogens is 4. The molecule has 1 aliphatic heterocycles. The fourth-order valence-electron chi connectivity index (χ4n) is 3.65. The highest BCUT2D eigenvalue weighted by atomic mass is 32.1. The van der Waals surface area contributed by atoms with Crippen LogP contribution >= 0.6 is 11.3 Å². The molecule has 0 N–H and O–H groups in total. The second-order valence-corrected chi connectivity index (χ2v) is 7.68. The van der Waals surface area contributed by atoms with Crippen LogP contribution in [-0.2, 0) is 30.5 Å². The first-order valence-corrected chi connectivity index (χ1v) is 9.41. The number of alkyl halides is 3. The van der Waals surface area contributed by atoms with Crippen LogP contribution in [0.25, 0.3) is 4.96 Å². The molecule has 144 valence electrons. The standard InChI is InChI=1S/C17H18F3N5OS/c1-10-13(25-5-6-27-16(25)22-10)9-23(2)14(26)11-3-4-24-12(7-11)8-21-15(24)17(18,19)20/h5-6,8,11H,3-4,7,9H2,1-2H3/t11-/m0/s1. The van der Waals surface area contributed by atoms with Crippen molar-refractivity contribution in [2.24, 2.45) is 5.92 Å². The van der Waals surface area contributed by atoms with E-state index in [0.29, 0.717) is 18.7 Å².